The first-order valence-electron chi connectivity index (χ1n) is 6.36. The predicted octanol–water partition coefficient (Wildman–Crippen LogP) is 2.50. The van der Waals surface area contributed by atoms with Gasteiger partial charge < -0.3 is 0 Å². The Morgan fingerprint density at radius 2 is 2.11 bits per heavy atom. The molecule has 0 aliphatic carbocycles. The van der Waals surface area contributed by atoms with Gasteiger partial charge in [0.25, 0.3) is 0 Å². The maximum atomic E-state index is 11.9. The molecular formula is C13H22N2O2S. The molecule has 0 aliphatic heterocycles. The number of pyridine rings is 1. The number of unbranched alkanes of at least 4 members (excludes halogenated alkanes) is 1. The third kappa shape index (κ3) is 4.74. The summed E-state index contributed by atoms with van der Waals surface area (Å²) in [6.07, 6.45) is 4.97. The Hall–Kier alpha value is -0.940. The Labute approximate surface area is 110 Å². The topological polar surface area (TPSA) is 59.1 Å². The summed E-state index contributed by atoms with van der Waals surface area (Å²) < 4.78 is 26.7. The van der Waals surface area contributed by atoms with Crippen LogP contribution in [0.4, 0.5) is 0 Å². The van der Waals surface area contributed by atoms with Gasteiger partial charge in [-0.1, -0.05) is 33.3 Å². The molecule has 0 aromatic carbocycles. The number of rotatable bonds is 7. The quantitative estimate of drug-likeness (QED) is 0.828. The van der Waals surface area contributed by atoms with Gasteiger partial charge in [-0.25, -0.2) is 13.1 Å². The van der Waals surface area contributed by atoms with Crippen molar-refractivity contribution in [3.05, 3.63) is 30.1 Å². The van der Waals surface area contributed by atoms with E-state index in [9.17, 15) is 8.42 Å². The van der Waals surface area contributed by atoms with Gasteiger partial charge >= 0.3 is 0 Å². The molecule has 1 atom stereocenters. The molecule has 1 unspecified atom stereocenters. The molecule has 0 radical (unpaired) electrons. The largest absolute Gasteiger partial charge is 0.264 e. The fourth-order valence-electron chi connectivity index (χ4n) is 1.74. The molecule has 1 heterocycles. The van der Waals surface area contributed by atoms with Gasteiger partial charge in [0.05, 0.1) is 11.8 Å². The van der Waals surface area contributed by atoms with Crippen LogP contribution in [-0.2, 0) is 10.0 Å². The van der Waals surface area contributed by atoms with E-state index < -0.39 is 10.0 Å². The molecule has 1 rings (SSSR count). The van der Waals surface area contributed by atoms with Crippen molar-refractivity contribution in [1.29, 1.82) is 0 Å². The first-order valence-corrected chi connectivity index (χ1v) is 8.01. The summed E-state index contributed by atoms with van der Waals surface area (Å²) >= 11 is 0. The lowest BCUT2D eigenvalue weighted by Gasteiger charge is -2.22. The van der Waals surface area contributed by atoms with Crippen molar-refractivity contribution >= 4 is 10.0 Å². The second-order valence-electron chi connectivity index (χ2n) is 4.80. The van der Waals surface area contributed by atoms with Crippen LogP contribution in [0.1, 0.15) is 45.2 Å². The maximum Gasteiger partial charge on any atom is 0.212 e. The van der Waals surface area contributed by atoms with Gasteiger partial charge in [-0.15, -0.1) is 0 Å². The van der Waals surface area contributed by atoms with E-state index in [1.807, 2.05) is 32.9 Å². The molecule has 0 aliphatic rings. The van der Waals surface area contributed by atoms with Gasteiger partial charge in [0.15, 0.2) is 0 Å². The number of hydrogen-bond donors (Lipinski definition) is 1. The second kappa shape index (κ2) is 6.85. The van der Waals surface area contributed by atoms with Crippen LogP contribution >= 0.6 is 0 Å². The second-order valence-corrected chi connectivity index (χ2v) is 6.67. The van der Waals surface area contributed by atoms with Gasteiger partial charge in [0.2, 0.25) is 10.0 Å². The highest BCUT2D eigenvalue weighted by Crippen LogP contribution is 2.21. The number of nitrogens with one attached hydrogen (secondary N) is 1. The first-order chi connectivity index (χ1) is 8.46. The number of hydrogen-bond acceptors (Lipinski definition) is 3. The highest BCUT2D eigenvalue weighted by Gasteiger charge is 2.21. The van der Waals surface area contributed by atoms with Gasteiger partial charge in [-0.3, -0.25) is 4.98 Å². The third-order valence-electron chi connectivity index (χ3n) is 2.78. The molecule has 5 heteroatoms. The average Bonchev–Trinajstić information content (AvgIpc) is 2.34. The van der Waals surface area contributed by atoms with Crippen LogP contribution in [0.5, 0.6) is 0 Å². The summed E-state index contributed by atoms with van der Waals surface area (Å²) in [6.45, 7) is 5.98. The van der Waals surface area contributed by atoms with E-state index in [4.69, 9.17) is 0 Å². The molecule has 0 saturated heterocycles. The normalized spacial score (nSPS) is 13.8. The van der Waals surface area contributed by atoms with Crippen LogP contribution < -0.4 is 4.72 Å². The number of nitrogens with zero attached hydrogens (tertiary/aromatic N) is 1. The first kappa shape index (κ1) is 15.1. The van der Waals surface area contributed by atoms with Crippen molar-refractivity contribution in [2.24, 2.45) is 5.92 Å². The summed E-state index contributed by atoms with van der Waals surface area (Å²) in [5, 5.41) is 0. The summed E-state index contributed by atoms with van der Waals surface area (Å²) in [4.78, 5) is 4.05. The minimum atomic E-state index is -3.21. The van der Waals surface area contributed by atoms with Crippen molar-refractivity contribution < 1.29 is 8.42 Å². The Morgan fingerprint density at radius 3 is 2.61 bits per heavy atom. The van der Waals surface area contributed by atoms with Gasteiger partial charge in [-0.05, 0) is 24.0 Å². The van der Waals surface area contributed by atoms with Gasteiger partial charge in [-0.2, -0.15) is 0 Å². The molecule has 1 aromatic heterocycles. The van der Waals surface area contributed by atoms with Crippen LogP contribution in [0.15, 0.2) is 24.5 Å². The molecule has 4 nitrogen and oxygen atoms in total. The van der Waals surface area contributed by atoms with Crippen molar-refractivity contribution in [3.63, 3.8) is 0 Å². The summed E-state index contributed by atoms with van der Waals surface area (Å²) in [6, 6.07) is 3.52. The van der Waals surface area contributed by atoms with Crippen LogP contribution in [0, 0.1) is 5.92 Å². The molecular weight excluding hydrogens is 248 g/mol. The van der Waals surface area contributed by atoms with Crippen molar-refractivity contribution in [2.75, 3.05) is 5.75 Å². The summed E-state index contributed by atoms with van der Waals surface area (Å²) in [5.41, 5.74) is 0.910. The molecule has 0 spiro atoms. The van der Waals surface area contributed by atoms with Crippen LogP contribution in [0.3, 0.4) is 0 Å². The minimum Gasteiger partial charge on any atom is -0.264 e. The third-order valence-corrected chi connectivity index (χ3v) is 4.22. The molecule has 1 N–H and O–H groups in total. The number of sulfonamides is 1. The Balaban J connectivity index is 2.82. The molecule has 0 bridgehead atoms. The van der Waals surface area contributed by atoms with Crippen LogP contribution in [-0.4, -0.2) is 19.2 Å². The lowest BCUT2D eigenvalue weighted by Crippen LogP contribution is -2.33. The average molecular weight is 270 g/mol. The molecule has 0 fully saturated rings. The van der Waals surface area contributed by atoms with E-state index in [2.05, 4.69) is 9.71 Å². The zero-order valence-electron chi connectivity index (χ0n) is 11.3. The lowest BCUT2D eigenvalue weighted by atomic mass is 9.99. The minimum absolute atomic E-state index is 0.186. The molecule has 18 heavy (non-hydrogen) atoms. The fraction of sp³-hybridized carbons (Fsp3) is 0.615. The smallest absolute Gasteiger partial charge is 0.212 e. The summed E-state index contributed by atoms with van der Waals surface area (Å²) in [5.74, 6) is 0.373. The van der Waals surface area contributed by atoms with E-state index in [0.717, 1.165) is 12.0 Å². The Bertz CT molecular complexity index is 443. The van der Waals surface area contributed by atoms with Gasteiger partial charge in [0.1, 0.15) is 0 Å². The molecule has 0 amide bonds. The fourth-order valence-corrected chi connectivity index (χ4v) is 3.32. The monoisotopic (exact) mass is 270 g/mol. The van der Waals surface area contributed by atoms with Crippen molar-refractivity contribution in [2.45, 2.75) is 39.7 Å². The molecule has 1 aromatic rings. The highest BCUT2D eigenvalue weighted by molar-refractivity contribution is 7.89. The Morgan fingerprint density at radius 1 is 1.39 bits per heavy atom. The molecule has 0 saturated carbocycles. The van der Waals surface area contributed by atoms with Crippen LogP contribution in [0.2, 0.25) is 0 Å². The lowest BCUT2D eigenvalue weighted by molar-refractivity contribution is 0.461. The zero-order valence-corrected chi connectivity index (χ0v) is 12.1. The van der Waals surface area contributed by atoms with E-state index in [1.54, 1.807) is 12.4 Å². The van der Waals surface area contributed by atoms with Crippen LogP contribution in [0.25, 0.3) is 0 Å². The van der Waals surface area contributed by atoms with E-state index >= 15 is 0 Å². The van der Waals surface area contributed by atoms with E-state index in [-0.39, 0.29) is 17.7 Å². The molecule has 102 valence electrons. The maximum absolute atomic E-state index is 11.9. The van der Waals surface area contributed by atoms with Crippen molar-refractivity contribution in [1.82, 2.24) is 9.71 Å². The van der Waals surface area contributed by atoms with Gasteiger partial charge in [0, 0.05) is 12.4 Å². The van der Waals surface area contributed by atoms with E-state index in [1.165, 1.54) is 0 Å². The highest BCUT2D eigenvalue weighted by atomic mass is 32.2. The summed E-state index contributed by atoms with van der Waals surface area (Å²) in [7, 11) is -3.21. The predicted molar refractivity (Wildman–Crippen MR) is 73.6 cm³/mol. The standard InChI is InChI=1S/C13H22N2O2S/c1-4-5-9-18(16,17)15-13(11(2)3)12-7-6-8-14-10-12/h6-8,10-11,13,15H,4-5,9H2,1-3H3. The Kier molecular flexibility index (Phi) is 5.75. The van der Waals surface area contributed by atoms with E-state index in [0.29, 0.717) is 6.42 Å². The SMILES string of the molecule is CCCCS(=O)(=O)NC(c1cccnc1)C(C)C. The zero-order chi connectivity index (χ0) is 13.6. The number of aromatic nitrogens is 1. The van der Waals surface area contributed by atoms with Crippen molar-refractivity contribution in [3.8, 4) is 0 Å².